The van der Waals surface area contributed by atoms with E-state index >= 15 is 0 Å². The molecule has 156 valence electrons. The third kappa shape index (κ3) is 4.25. The lowest BCUT2D eigenvalue weighted by Crippen LogP contribution is -2.07. The smallest absolute Gasteiger partial charge is 0.417 e. The molecule has 31 heavy (non-hydrogen) atoms. The van der Waals surface area contributed by atoms with Gasteiger partial charge < -0.3 is 10.5 Å². The average Bonchev–Trinajstić information content (AvgIpc) is 2.72. The van der Waals surface area contributed by atoms with Gasteiger partial charge in [-0.3, -0.25) is 0 Å². The minimum absolute atomic E-state index is 0.0183. The number of halogens is 4. The lowest BCUT2D eigenvalue weighted by Gasteiger charge is -2.15. The van der Waals surface area contributed by atoms with Gasteiger partial charge in [0, 0.05) is 11.1 Å². The summed E-state index contributed by atoms with van der Waals surface area (Å²) in [7, 11) is 0. The third-order valence-corrected chi connectivity index (χ3v) is 4.74. The number of nitrogens with zero attached hydrogens (tertiary/aromatic N) is 3. The van der Waals surface area contributed by atoms with Crippen LogP contribution in [0.15, 0.2) is 42.5 Å². The summed E-state index contributed by atoms with van der Waals surface area (Å²) in [6.07, 6.45) is -4.64. The molecule has 0 amide bonds. The van der Waals surface area contributed by atoms with Crippen molar-refractivity contribution >= 4 is 17.4 Å². The molecule has 0 aliphatic carbocycles. The first kappa shape index (κ1) is 21.9. The Labute approximate surface area is 181 Å². The van der Waals surface area contributed by atoms with Crippen LogP contribution in [-0.2, 0) is 6.18 Å². The van der Waals surface area contributed by atoms with Gasteiger partial charge in [-0.15, -0.1) is 0 Å². The largest absolute Gasteiger partial charge is 0.494 e. The number of nitriles is 2. The maximum Gasteiger partial charge on any atom is 0.417 e. The number of nitrogen functional groups attached to an aromatic ring is 1. The molecule has 2 N–H and O–H groups in total. The molecule has 0 aliphatic heterocycles. The fourth-order valence-electron chi connectivity index (χ4n) is 3.12. The molecule has 0 saturated carbocycles. The van der Waals surface area contributed by atoms with E-state index in [9.17, 15) is 23.7 Å². The zero-order chi connectivity index (χ0) is 22.8. The number of nitrogens with two attached hydrogens (primary N) is 1. The monoisotopic (exact) mass is 442 g/mol. The summed E-state index contributed by atoms with van der Waals surface area (Å²) < 4.78 is 44.8. The van der Waals surface area contributed by atoms with Crippen LogP contribution in [0.1, 0.15) is 23.6 Å². The van der Waals surface area contributed by atoms with Gasteiger partial charge in [-0.25, -0.2) is 4.98 Å². The Morgan fingerprint density at radius 2 is 1.77 bits per heavy atom. The Balaban J connectivity index is 2.31. The van der Waals surface area contributed by atoms with Crippen molar-refractivity contribution in [1.29, 1.82) is 10.5 Å². The second-order valence-corrected chi connectivity index (χ2v) is 6.75. The van der Waals surface area contributed by atoms with E-state index in [0.717, 1.165) is 18.2 Å². The van der Waals surface area contributed by atoms with Crippen LogP contribution >= 0.6 is 11.6 Å². The summed E-state index contributed by atoms with van der Waals surface area (Å²) in [4.78, 5) is 4.22. The zero-order valence-corrected chi connectivity index (χ0v) is 16.8. The topological polar surface area (TPSA) is 95.7 Å². The number of anilines is 1. The Bertz CT molecular complexity index is 1240. The fourth-order valence-corrected chi connectivity index (χ4v) is 3.41. The van der Waals surface area contributed by atoms with Crippen LogP contribution in [0.5, 0.6) is 5.75 Å². The van der Waals surface area contributed by atoms with Crippen LogP contribution in [-0.4, -0.2) is 11.6 Å². The molecule has 2 aromatic carbocycles. The Kier molecular flexibility index (Phi) is 6.05. The van der Waals surface area contributed by atoms with E-state index in [0.29, 0.717) is 17.9 Å². The van der Waals surface area contributed by atoms with Gasteiger partial charge in [0.15, 0.2) is 0 Å². The number of benzene rings is 2. The summed E-state index contributed by atoms with van der Waals surface area (Å²) in [5, 5.41) is 18.9. The Morgan fingerprint density at radius 1 is 1.06 bits per heavy atom. The molecule has 1 aromatic heterocycles. The van der Waals surface area contributed by atoms with Crippen LogP contribution < -0.4 is 10.5 Å². The Morgan fingerprint density at radius 3 is 2.35 bits per heavy atom. The molecule has 5 nitrogen and oxygen atoms in total. The molecule has 0 saturated heterocycles. The van der Waals surface area contributed by atoms with Gasteiger partial charge in [0.1, 0.15) is 29.3 Å². The summed E-state index contributed by atoms with van der Waals surface area (Å²) in [5.74, 6) is 0.372. The molecule has 9 heteroatoms. The lowest BCUT2D eigenvalue weighted by atomic mass is 9.92. The number of pyridine rings is 1. The molecule has 1 heterocycles. The fraction of sp³-hybridized carbons (Fsp3) is 0.136. The third-order valence-electron chi connectivity index (χ3n) is 4.43. The second-order valence-electron chi connectivity index (χ2n) is 6.35. The second kappa shape index (κ2) is 8.55. The van der Waals surface area contributed by atoms with Gasteiger partial charge in [0.2, 0.25) is 0 Å². The van der Waals surface area contributed by atoms with E-state index in [1.54, 1.807) is 24.3 Å². The number of hydrogen-bond donors (Lipinski definition) is 1. The molecule has 0 unspecified atom stereocenters. The first-order chi connectivity index (χ1) is 14.7. The summed E-state index contributed by atoms with van der Waals surface area (Å²) >= 11 is 5.86. The molecular formula is C22H14ClF3N4O. The van der Waals surface area contributed by atoms with Crippen molar-refractivity contribution in [3.63, 3.8) is 0 Å². The minimum Gasteiger partial charge on any atom is -0.494 e. The summed E-state index contributed by atoms with van der Waals surface area (Å²) in [6.45, 7) is 2.24. The van der Waals surface area contributed by atoms with E-state index in [-0.39, 0.29) is 33.8 Å². The van der Waals surface area contributed by atoms with Crippen molar-refractivity contribution in [2.75, 3.05) is 12.3 Å². The number of aromatic nitrogens is 1. The molecular weight excluding hydrogens is 429 g/mol. The van der Waals surface area contributed by atoms with E-state index in [2.05, 4.69) is 4.98 Å². The normalized spacial score (nSPS) is 10.9. The highest BCUT2D eigenvalue weighted by Gasteiger charge is 2.33. The molecule has 0 spiro atoms. The maximum absolute atomic E-state index is 13.1. The molecule has 0 aliphatic rings. The van der Waals surface area contributed by atoms with Crippen LogP contribution in [0, 0.1) is 22.7 Å². The highest BCUT2D eigenvalue weighted by atomic mass is 35.5. The summed E-state index contributed by atoms with van der Waals surface area (Å²) in [6, 6.07) is 13.6. The zero-order valence-electron chi connectivity index (χ0n) is 16.1. The van der Waals surface area contributed by atoms with Crippen LogP contribution in [0.3, 0.4) is 0 Å². The van der Waals surface area contributed by atoms with Crippen molar-refractivity contribution in [1.82, 2.24) is 4.98 Å². The van der Waals surface area contributed by atoms with E-state index in [1.165, 1.54) is 0 Å². The predicted octanol–water partition coefficient (Wildman–Crippen LogP) is 5.81. The van der Waals surface area contributed by atoms with Crippen LogP contribution in [0.2, 0.25) is 5.02 Å². The van der Waals surface area contributed by atoms with Gasteiger partial charge in [-0.05, 0) is 36.8 Å². The van der Waals surface area contributed by atoms with E-state index in [4.69, 9.17) is 22.1 Å². The predicted molar refractivity (Wildman–Crippen MR) is 110 cm³/mol. The van der Waals surface area contributed by atoms with Crippen LogP contribution in [0.4, 0.5) is 19.0 Å². The van der Waals surface area contributed by atoms with Crippen molar-refractivity contribution in [2.45, 2.75) is 13.1 Å². The van der Waals surface area contributed by atoms with Crippen molar-refractivity contribution < 1.29 is 17.9 Å². The SMILES string of the molecule is CCOc1cccc(-c2nc(N)c(C#N)c(-c3ccc(C(F)(F)F)c(Cl)c3)c2C#N)c1. The number of alkyl halides is 3. The minimum atomic E-state index is -4.64. The lowest BCUT2D eigenvalue weighted by molar-refractivity contribution is -0.137. The first-order valence-electron chi connectivity index (χ1n) is 8.95. The molecule has 0 bridgehead atoms. The highest BCUT2D eigenvalue weighted by Crippen LogP contribution is 2.40. The van der Waals surface area contributed by atoms with Gasteiger partial charge in [-0.1, -0.05) is 29.8 Å². The number of rotatable bonds is 4. The summed E-state index contributed by atoms with van der Waals surface area (Å²) in [5.41, 5.74) is 5.68. The molecule has 0 radical (unpaired) electrons. The molecule has 0 fully saturated rings. The van der Waals surface area contributed by atoms with E-state index in [1.807, 2.05) is 19.1 Å². The quantitative estimate of drug-likeness (QED) is 0.549. The number of ether oxygens (including phenoxy) is 1. The number of hydrogen-bond acceptors (Lipinski definition) is 5. The Hall–Kier alpha value is -3.75. The van der Waals surface area contributed by atoms with Crippen molar-refractivity contribution in [3.8, 4) is 40.3 Å². The van der Waals surface area contributed by atoms with Gasteiger partial charge in [0.25, 0.3) is 0 Å². The average molecular weight is 443 g/mol. The maximum atomic E-state index is 13.1. The standard InChI is InChI=1S/C22H14ClF3N4O/c1-2-31-14-5-3-4-13(8-14)20-15(10-27)19(16(11-28)21(29)30-20)12-6-7-17(18(23)9-12)22(24,25)26/h3-9H,2H2,1H3,(H2,29,30). The molecule has 0 atom stereocenters. The van der Waals surface area contributed by atoms with E-state index < -0.39 is 16.8 Å². The molecule has 3 rings (SSSR count). The van der Waals surface area contributed by atoms with Gasteiger partial charge >= 0.3 is 6.18 Å². The molecule has 3 aromatic rings. The van der Waals surface area contributed by atoms with Crippen molar-refractivity contribution in [3.05, 3.63) is 64.2 Å². The van der Waals surface area contributed by atoms with Gasteiger partial charge in [-0.2, -0.15) is 23.7 Å². The van der Waals surface area contributed by atoms with Crippen molar-refractivity contribution in [2.24, 2.45) is 0 Å². The first-order valence-corrected chi connectivity index (χ1v) is 9.33. The highest BCUT2D eigenvalue weighted by molar-refractivity contribution is 6.31. The van der Waals surface area contributed by atoms with Crippen LogP contribution in [0.25, 0.3) is 22.4 Å². The van der Waals surface area contributed by atoms with Gasteiger partial charge in [0.05, 0.1) is 28.5 Å².